The fourth-order valence-electron chi connectivity index (χ4n) is 1.95. The molecule has 0 amide bonds. The van der Waals surface area contributed by atoms with Crippen LogP contribution in [0.15, 0.2) is 36.5 Å². The van der Waals surface area contributed by atoms with E-state index < -0.39 is 0 Å². The maximum Gasteiger partial charge on any atom is 0.224 e. The Morgan fingerprint density at radius 2 is 2.16 bits per heavy atom. The van der Waals surface area contributed by atoms with E-state index in [1.54, 1.807) is 6.20 Å². The van der Waals surface area contributed by atoms with Crippen LogP contribution < -0.4 is 10.6 Å². The average molecular weight is 254 g/mol. The third-order valence-electron chi connectivity index (χ3n) is 3.12. The second-order valence-electron chi connectivity index (χ2n) is 5.03. The Morgan fingerprint density at radius 3 is 2.95 bits per heavy atom. The van der Waals surface area contributed by atoms with Crippen LogP contribution in [0.2, 0.25) is 0 Å². The van der Waals surface area contributed by atoms with Gasteiger partial charge in [0.1, 0.15) is 5.82 Å². The lowest BCUT2D eigenvalue weighted by Crippen LogP contribution is -2.08. The first-order valence-electron chi connectivity index (χ1n) is 6.68. The van der Waals surface area contributed by atoms with Gasteiger partial charge in [-0.1, -0.05) is 29.8 Å². The molecule has 0 radical (unpaired) electrons. The van der Waals surface area contributed by atoms with Gasteiger partial charge in [0.2, 0.25) is 5.95 Å². The smallest absolute Gasteiger partial charge is 0.224 e. The standard InChI is InChI=1S/C15H18N4/c1-11-3-2-4-12(9-11)10-17-14-7-8-16-15(19-14)18-13-5-6-13/h2-4,7-9,13H,5-6,10H2,1H3,(H2,16,17,18,19). The third kappa shape index (κ3) is 3.44. The van der Waals surface area contributed by atoms with Crippen LogP contribution in [0.4, 0.5) is 11.8 Å². The summed E-state index contributed by atoms with van der Waals surface area (Å²) in [6.45, 7) is 2.88. The van der Waals surface area contributed by atoms with Gasteiger partial charge in [-0.05, 0) is 31.4 Å². The Balaban J connectivity index is 1.62. The van der Waals surface area contributed by atoms with Gasteiger partial charge in [0.25, 0.3) is 0 Å². The number of aryl methyl sites for hydroxylation is 1. The van der Waals surface area contributed by atoms with Crippen molar-refractivity contribution >= 4 is 11.8 Å². The first kappa shape index (κ1) is 12.0. The lowest BCUT2D eigenvalue weighted by molar-refractivity contribution is 1.03. The minimum absolute atomic E-state index is 0.576. The lowest BCUT2D eigenvalue weighted by Gasteiger charge is -2.08. The normalized spacial score (nSPS) is 14.2. The van der Waals surface area contributed by atoms with E-state index in [0.717, 1.165) is 18.3 Å². The number of aromatic nitrogens is 2. The monoisotopic (exact) mass is 254 g/mol. The summed E-state index contributed by atoms with van der Waals surface area (Å²) in [6, 6.07) is 10.9. The second-order valence-corrected chi connectivity index (χ2v) is 5.03. The van der Waals surface area contributed by atoms with Gasteiger partial charge in [-0.2, -0.15) is 4.98 Å². The van der Waals surface area contributed by atoms with E-state index in [1.165, 1.54) is 24.0 Å². The molecule has 4 nitrogen and oxygen atoms in total. The van der Waals surface area contributed by atoms with Crippen LogP contribution in [0.25, 0.3) is 0 Å². The summed E-state index contributed by atoms with van der Waals surface area (Å²) in [7, 11) is 0. The molecule has 1 aliphatic carbocycles. The summed E-state index contributed by atoms with van der Waals surface area (Å²) in [5, 5.41) is 6.63. The largest absolute Gasteiger partial charge is 0.366 e. The summed E-state index contributed by atoms with van der Waals surface area (Å²) < 4.78 is 0. The zero-order chi connectivity index (χ0) is 13.1. The van der Waals surface area contributed by atoms with Crippen LogP contribution in [0.5, 0.6) is 0 Å². The van der Waals surface area contributed by atoms with Crippen molar-refractivity contribution in [3.05, 3.63) is 47.7 Å². The minimum Gasteiger partial charge on any atom is -0.366 e. The van der Waals surface area contributed by atoms with E-state index in [9.17, 15) is 0 Å². The predicted octanol–water partition coefficient (Wildman–Crippen LogP) is 2.97. The van der Waals surface area contributed by atoms with E-state index >= 15 is 0 Å². The predicted molar refractivity (Wildman–Crippen MR) is 77.2 cm³/mol. The molecule has 0 saturated heterocycles. The van der Waals surface area contributed by atoms with Gasteiger partial charge in [-0.3, -0.25) is 0 Å². The van der Waals surface area contributed by atoms with Crippen molar-refractivity contribution in [2.45, 2.75) is 32.4 Å². The summed E-state index contributed by atoms with van der Waals surface area (Å²) >= 11 is 0. The molecule has 0 aliphatic heterocycles. The summed E-state index contributed by atoms with van der Waals surface area (Å²) in [6.07, 6.45) is 4.24. The molecule has 1 fully saturated rings. The average Bonchev–Trinajstić information content (AvgIpc) is 3.21. The number of benzene rings is 1. The molecule has 0 unspecified atom stereocenters. The lowest BCUT2D eigenvalue weighted by atomic mass is 10.1. The van der Waals surface area contributed by atoms with Crippen molar-refractivity contribution < 1.29 is 0 Å². The van der Waals surface area contributed by atoms with E-state index in [1.807, 2.05) is 6.07 Å². The van der Waals surface area contributed by atoms with Crippen molar-refractivity contribution in [3.63, 3.8) is 0 Å². The van der Waals surface area contributed by atoms with Gasteiger partial charge >= 0.3 is 0 Å². The van der Waals surface area contributed by atoms with E-state index in [0.29, 0.717) is 6.04 Å². The molecule has 2 aromatic rings. The molecular formula is C15H18N4. The van der Waals surface area contributed by atoms with Crippen molar-refractivity contribution in [3.8, 4) is 0 Å². The number of rotatable bonds is 5. The molecule has 1 saturated carbocycles. The SMILES string of the molecule is Cc1cccc(CNc2ccnc(NC3CC3)n2)c1. The zero-order valence-electron chi connectivity index (χ0n) is 11.1. The van der Waals surface area contributed by atoms with Crippen LogP contribution in [0.1, 0.15) is 24.0 Å². The molecule has 1 aromatic carbocycles. The van der Waals surface area contributed by atoms with E-state index in [2.05, 4.69) is 51.8 Å². The van der Waals surface area contributed by atoms with E-state index in [4.69, 9.17) is 0 Å². The third-order valence-corrected chi connectivity index (χ3v) is 3.12. The van der Waals surface area contributed by atoms with Crippen molar-refractivity contribution in [1.82, 2.24) is 9.97 Å². The van der Waals surface area contributed by atoms with Gasteiger partial charge in [0.05, 0.1) is 0 Å². The van der Waals surface area contributed by atoms with Gasteiger partial charge in [-0.25, -0.2) is 4.98 Å². The highest BCUT2D eigenvalue weighted by Crippen LogP contribution is 2.23. The van der Waals surface area contributed by atoms with Gasteiger partial charge < -0.3 is 10.6 Å². The molecule has 2 N–H and O–H groups in total. The first-order valence-corrected chi connectivity index (χ1v) is 6.68. The number of nitrogens with one attached hydrogen (secondary N) is 2. The minimum atomic E-state index is 0.576. The summed E-state index contributed by atoms with van der Waals surface area (Å²) in [5.41, 5.74) is 2.54. The Morgan fingerprint density at radius 1 is 1.26 bits per heavy atom. The number of nitrogens with zero attached hydrogens (tertiary/aromatic N) is 2. The first-order chi connectivity index (χ1) is 9.29. The van der Waals surface area contributed by atoms with Gasteiger partial charge in [-0.15, -0.1) is 0 Å². The molecule has 1 heterocycles. The Bertz CT molecular complexity index is 564. The van der Waals surface area contributed by atoms with Crippen LogP contribution in [0, 0.1) is 6.92 Å². The quantitative estimate of drug-likeness (QED) is 0.861. The molecule has 19 heavy (non-hydrogen) atoms. The molecule has 1 aromatic heterocycles. The number of hydrogen-bond donors (Lipinski definition) is 2. The van der Waals surface area contributed by atoms with Crippen molar-refractivity contribution in [2.75, 3.05) is 10.6 Å². The molecule has 1 aliphatic rings. The molecule has 0 bridgehead atoms. The van der Waals surface area contributed by atoms with Crippen LogP contribution >= 0.6 is 0 Å². The maximum absolute atomic E-state index is 4.46. The summed E-state index contributed by atoms with van der Waals surface area (Å²) in [4.78, 5) is 8.68. The molecule has 0 atom stereocenters. The molecule has 0 spiro atoms. The Hall–Kier alpha value is -2.10. The molecular weight excluding hydrogens is 236 g/mol. The highest BCUT2D eigenvalue weighted by molar-refractivity contribution is 5.41. The van der Waals surface area contributed by atoms with Gasteiger partial charge in [0, 0.05) is 18.8 Å². The van der Waals surface area contributed by atoms with Crippen LogP contribution in [-0.2, 0) is 6.54 Å². The Labute approximate surface area is 113 Å². The topological polar surface area (TPSA) is 49.8 Å². The van der Waals surface area contributed by atoms with Crippen LogP contribution in [0.3, 0.4) is 0 Å². The van der Waals surface area contributed by atoms with E-state index in [-0.39, 0.29) is 0 Å². The van der Waals surface area contributed by atoms with Crippen LogP contribution in [-0.4, -0.2) is 16.0 Å². The fourth-order valence-corrected chi connectivity index (χ4v) is 1.95. The molecule has 98 valence electrons. The highest BCUT2D eigenvalue weighted by Gasteiger charge is 2.21. The second kappa shape index (κ2) is 5.26. The maximum atomic E-state index is 4.46. The number of anilines is 2. The highest BCUT2D eigenvalue weighted by atomic mass is 15.2. The zero-order valence-corrected chi connectivity index (χ0v) is 11.1. The molecule has 3 rings (SSSR count). The van der Waals surface area contributed by atoms with Crippen molar-refractivity contribution in [1.29, 1.82) is 0 Å². The summed E-state index contributed by atoms with van der Waals surface area (Å²) in [5.74, 6) is 1.58. The van der Waals surface area contributed by atoms with Gasteiger partial charge in [0.15, 0.2) is 0 Å². The van der Waals surface area contributed by atoms with Crippen molar-refractivity contribution in [2.24, 2.45) is 0 Å². The fraction of sp³-hybridized carbons (Fsp3) is 0.333. The molecule has 4 heteroatoms. The Kier molecular flexibility index (Phi) is 3.31. The number of hydrogen-bond acceptors (Lipinski definition) is 4.